The predicted molar refractivity (Wildman–Crippen MR) is 111 cm³/mol. The minimum Gasteiger partial charge on any atom is -0.493 e. The van der Waals surface area contributed by atoms with E-state index in [0.717, 1.165) is 12.0 Å². The van der Waals surface area contributed by atoms with Crippen LogP contribution in [0.3, 0.4) is 0 Å². The normalized spacial score (nSPS) is 18.6. The van der Waals surface area contributed by atoms with Gasteiger partial charge in [-0.15, -0.1) is 0 Å². The SMILES string of the molecule is COc1cc(C(=O)N2CCC(CCO)(c3cccc(Cl)c3)C2)cc(OC)c1OC. The molecule has 29 heavy (non-hydrogen) atoms. The minimum atomic E-state index is -0.323. The van der Waals surface area contributed by atoms with Crippen molar-refractivity contribution >= 4 is 17.5 Å². The van der Waals surface area contributed by atoms with Crippen LogP contribution in [0.5, 0.6) is 17.2 Å². The molecule has 1 fully saturated rings. The topological polar surface area (TPSA) is 68.2 Å². The molecule has 1 aliphatic heterocycles. The van der Waals surface area contributed by atoms with Gasteiger partial charge in [0.2, 0.25) is 5.75 Å². The molecule has 0 aliphatic carbocycles. The van der Waals surface area contributed by atoms with E-state index >= 15 is 0 Å². The molecule has 1 unspecified atom stereocenters. The molecule has 3 rings (SSSR count). The van der Waals surface area contributed by atoms with Crippen molar-refractivity contribution in [1.29, 1.82) is 0 Å². The first kappa shape index (κ1) is 21.3. The Morgan fingerprint density at radius 3 is 2.38 bits per heavy atom. The average molecular weight is 420 g/mol. The highest BCUT2D eigenvalue weighted by Crippen LogP contribution is 2.41. The van der Waals surface area contributed by atoms with Crippen LogP contribution in [0.2, 0.25) is 5.02 Å². The Bertz CT molecular complexity index is 862. The van der Waals surface area contributed by atoms with E-state index in [9.17, 15) is 9.90 Å². The summed E-state index contributed by atoms with van der Waals surface area (Å²) in [7, 11) is 4.57. The molecule has 0 spiro atoms. The van der Waals surface area contributed by atoms with E-state index in [0.29, 0.717) is 47.3 Å². The van der Waals surface area contributed by atoms with Crippen LogP contribution in [0.25, 0.3) is 0 Å². The molecule has 1 saturated heterocycles. The molecular weight excluding hydrogens is 394 g/mol. The second kappa shape index (κ2) is 8.93. The van der Waals surface area contributed by atoms with Gasteiger partial charge in [-0.25, -0.2) is 0 Å². The molecule has 1 N–H and O–H groups in total. The number of nitrogens with zero attached hydrogens (tertiary/aromatic N) is 1. The molecule has 7 heteroatoms. The Morgan fingerprint density at radius 1 is 1.14 bits per heavy atom. The molecule has 1 atom stereocenters. The van der Waals surface area contributed by atoms with Crippen molar-refractivity contribution in [2.75, 3.05) is 41.0 Å². The predicted octanol–water partition coefficient (Wildman–Crippen LogP) is 3.53. The van der Waals surface area contributed by atoms with Gasteiger partial charge in [0, 0.05) is 35.7 Å². The fraction of sp³-hybridized carbons (Fsp3) is 0.409. The number of halogens is 1. The van der Waals surface area contributed by atoms with E-state index in [2.05, 4.69) is 0 Å². The zero-order chi connectivity index (χ0) is 21.0. The van der Waals surface area contributed by atoms with Crippen LogP contribution in [0, 0.1) is 0 Å². The monoisotopic (exact) mass is 419 g/mol. The van der Waals surface area contributed by atoms with Crippen molar-refractivity contribution in [1.82, 2.24) is 4.90 Å². The highest BCUT2D eigenvalue weighted by atomic mass is 35.5. The molecule has 1 heterocycles. The number of rotatable bonds is 7. The van der Waals surface area contributed by atoms with E-state index in [-0.39, 0.29) is 17.9 Å². The highest BCUT2D eigenvalue weighted by Gasteiger charge is 2.41. The maximum Gasteiger partial charge on any atom is 0.254 e. The van der Waals surface area contributed by atoms with Gasteiger partial charge in [-0.1, -0.05) is 23.7 Å². The summed E-state index contributed by atoms with van der Waals surface area (Å²) in [6, 6.07) is 11.0. The summed E-state index contributed by atoms with van der Waals surface area (Å²) in [6.45, 7) is 1.13. The van der Waals surface area contributed by atoms with E-state index in [4.69, 9.17) is 25.8 Å². The number of amides is 1. The number of carbonyl (C=O) groups excluding carboxylic acids is 1. The van der Waals surface area contributed by atoms with Gasteiger partial charge in [0.15, 0.2) is 11.5 Å². The van der Waals surface area contributed by atoms with E-state index in [1.165, 1.54) is 21.3 Å². The highest BCUT2D eigenvalue weighted by molar-refractivity contribution is 6.30. The molecule has 0 bridgehead atoms. The Labute approximate surface area is 175 Å². The first-order chi connectivity index (χ1) is 14.0. The summed E-state index contributed by atoms with van der Waals surface area (Å²) in [5.74, 6) is 1.20. The van der Waals surface area contributed by atoms with Gasteiger partial charge in [0.05, 0.1) is 21.3 Å². The molecule has 156 valence electrons. The van der Waals surface area contributed by atoms with Crippen LogP contribution < -0.4 is 14.2 Å². The fourth-order valence-corrected chi connectivity index (χ4v) is 4.24. The molecule has 0 aromatic heterocycles. The summed E-state index contributed by atoms with van der Waals surface area (Å²) >= 11 is 6.19. The van der Waals surface area contributed by atoms with Gasteiger partial charge >= 0.3 is 0 Å². The summed E-state index contributed by atoms with van der Waals surface area (Å²) in [6.07, 6.45) is 1.32. The third kappa shape index (κ3) is 4.14. The molecule has 2 aromatic carbocycles. The van der Waals surface area contributed by atoms with Gasteiger partial charge in [0.1, 0.15) is 0 Å². The molecule has 0 radical (unpaired) electrons. The van der Waals surface area contributed by atoms with Gasteiger partial charge in [0.25, 0.3) is 5.91 Å². The average Bonchev–Trinajstić information content (AvgIpc) is 3.17. The zero-order valence-electron chi connectivity index (χ0n) is 16.9. The lowest BCUT2D eigenvalue weighted by Crippen LogP contribution is -2.35. The van der Waals surface area contributed by atoms with E-state index < -0.39 is 0 Å². The minimum absolute atomic E-state index is 0.0404. The van der Waals surface area contributed by atoms with Crippen molar-refractivity contribution in [3.05, 3.63) is 52.5 Å². The Balaban J connectivity index is 1.91. The third-order valence-electron chi connectivity index (χ3n) is 5.58. The lowest BCUT2D eigenvalue weighted by Gasteiger charge is -2.29. The standard InChI is InChI=1S/C22H26ClNO5/c1-27-18-11-15(12-19(28-2)20(18)29-3)21(26)24-9-7-22(14-24,8-10-25)16-5-4-6-17(23)13-16/h4-6,11-13,25H,7-10,14H2,1-3H3. The number of hydrogen-bond acceptors (Lipinski definition) is 5. The van der Waals surface area contributed by atoms with Crippen LogP contribution in [-0.4, -0.2) is 56.9 Å². The summed E-state index contributed by atoms with van der Waals surface area (Å²) in [5, 5.41) is 10.3. The molecule has 2 aromatic rings. The molecule has 1 aliphatic rings. The smallest absolute Gasteiger partial charge is 0.254 e. The molecule has 6 nitrogen and oxygen atoms in total. The number of aliphatic hydroxyl groups excluding tert-OH is 1. The summed E-state index contributed by atoms with van der Waals surface area (Å²) in [5.41, 5.74) is 1.18. The molecule has 1 amide bonds. The number of ether oxygens (including phenoxy) is 3. The van der Waals surface area contributed by atoms with Gasteiger partial charge < -0.3 is 24.2 Å². The maximum atomic E-state index is 13.3. The van der Waals surface area contributed by atoms with Crippen molar-refractivity contribution in [2.45, 2.75) is 18.3 Å². The lowest BCUT2D eigenvalue weighted by atomic mass is 9.77. The lowest BCUT2D eigenvalue weighted by molar-refractivity contribution is 0.0778. The molecular formula is C22H26ClNO5. The Morgan fingerprint density at radius 2 is 1.83 bits per heavy atom. The van der Waals surface area contributed by atoms with Crippen LogP contribution in [0.1, 0.15) is 28.8 Å². The second-order valence-corrected chi connectivity index (χ2v) is 7.59. The number of aliphatic hydroxyl groups is 1. The van der Waals surface area contributed by atoms with Crippen LogP contribution >= 0.6 is 11.6 Å². The van der Waals surface area contributed by atoms with E-state index in [1.54, 1.807) is 17.0 Å². The maximum absolute atomic E-state index is 13.3. The van der Waals surface area contributed by atoms with Gasteiger partial charge in [-0.2, -0.15) is 0 Å². The third-order valence-corrected chi connectivity index (χ3v) is 5.82. The number of hydrogen-bond donors (Lipinski definition) is 1. The quantitative estimate of drug-likeness (QED) is 0.743. The first-order valence-corrected chi connectivity index (χ1v) is 9.82. The fourth-order valence-electron chi connectivity index (χ4n) is 4.05. The second-order valence-electron chi connectivity index (χ2n) is 7.16. The van der Waals surface area contributed by atoms with Crippen molar-refractivity contribution in [2.24, 2.45) is 0 Å². The number of carbonyl (C=O) groups is 1. The summed E-state index contributed by atoms with van der Waals surface area (Å²) in [4.78, 5) is 15.1. The van der Waals surface area contributed by atoms with Crippen LogP contribution in [-0.2, 0) is 5.41 Å². The Hall–Kier alpha value is -2.44. The van der Waals surface area contributed by atoms with Crippen LogP contribution in [0.15, 0.2) is 36.4 Å². The van der Waals surface area contributed by atoms with Crippen molar-refractivity contribution < 1.29 is 24.1 Å². The van der Waals surface area contributed by atoms with Crippen LogP contribution in [0.4, 0.5) is 0 Å². The van der Waals surface area contributed by atoms with Crippen molar-refractivity contribution in [3.8, 4) is 17.2 Å². The van der Waals surface area contributed by atoms with E-state index in [1.807, 2.05) is 24.3 Å². The number of methoxy groups -OCH3 is 3. The van der Waals surface area contributed by atoms with Gasteiger partial charge in [-0.3, -0.25) is 4.79 Å². The molecule has 0 saturated carbocycles. The number of benzene rings is 2. The zero-order valence-corrected chi connectivity index (χ0v) is 17.7. The van der Waals surface area contributed by atoms with Gasteiger partial charge in [-0.05, 0) is 42.7 Å². The summed E-state index contributed by atoms with van der Waals surface area (Å²) < 4.78 is 16.1. The first-order valence-electron chi connectivity index (χ1n) is 9.44. The Kier molecular flexibility index (Phi) is 6.55. The number of likely N-dealkylation sites (tertiary alicyclic amines) is 1. The van der Waals surface area contributed by atoms with Crippen molar-refractivity contribution in [3.63, 3.8) is 0 Å². The largest absolute Gasteiger partial charge is 0.493 e.